The summed E-state index contributed by atoms with van der Waals surface area (Å²) >= 11 is 0. The Bertz CT molecular complexity index is 394. The number of hydrogen-bond donors (Lipinski definition) is 3. The number of allylic oxidation sites excluding steroid dienone is 3. The SMILES string of the molecule is C=CN1/C(=C/C=C(\C)NC)C(=C)N(C(C)N)C1N. The number of hydrogen-bond acceptors (Lipinski definition) is 5. The molecule has 1 aliphatic heterocycles. The monoisotopic (exact) mass is 249 g/mol. The van der Waals surface area contributed by atoms with Gasteiger partial charge >= 0.3 is 0 Å². The van der Waals surface area contributed by atoms with Gasteiger partial charge in [-0.3, -0.25) is 5.73 Å². The molecule has 1 heterocycles. The van der Waals surface area contributed by atoms with Crippen LogP contribution in [0, 0.1) is 0 Å². The zero-order valence-electron chi connectivity index (χ0n) is 11.4. The van der Waals surface area contributed by atoms with E-state index in [1.807, 2.05) is 42.8 Å². The van der Waals surface area contributed by atoms with Gasteiger partial charge in [0, 0.05) is 18.9 Å². The summed E-state index contributed by atoms with van der Waals surface area (Å²) in [6.07, 6.45) is 5.05. The highest BCUT2D eigenvalue weighted by Crippen LogP contribution is 2.30. The molecule has 0 aromatic heterocycles. The quantitative estimate of drug-likeness (QED) is 0.688. The molecule has 0 spiro atoms. The Morgan fingerprint density at radius 2 is 2.17 bits per heavy atom. The maximum absolute atomic E-state index is 6.12. The molecule has 5 nitrogen and oxygen atoms in total. The summed E-state index contributed by atoms with van der Waals surface area (Å²) < 4.78 is 0. The summed E-state index contributed by atoms with van der Waals surface area (Å²) in [5, 5.41) is 3.05. The average molecular weight is 249 g/mol. The average Bonchev–Trinajstić information content (AvgIpc) is 2.56. The van der Waals surface area contributed by atoms with Gasteiger partial charge in [0.2, 0.25) is 0 Å². The highest BCUT2D eigenvalue weighted by Gasteiger charge is 2.35. The minimum Gasteiger partial charge on any atom is -0.392 e. The first-order chi connectivity index (χ1) is 8.43. The van der Waals surface area contributed by atoms with E-state index in [1.165, 1.54) is 0 Å². The molecule has 1 saturated heterocycles. The lowest BCUT2D eigenvalue weighted by molar-refractivity contribution is 0.163. The Balaban J connectivity index is 3.11. The summed E-state index contributed by atoms with van der Waals surface area (Å²) in [4.78, 5) is 3.71. The van der Waals surface area contributed by atoms with E-state index in [9.17, 15) is 0 Å². The van der Waals surface area contributed by atoms with Crippen LogP contribution in [-0.4, -0.2) is 29.3 Å². The Morgan fingerprint density at radius 1 is 1.56 bits per heavy atom. The lowest BCUT2D eigenvalue weighted by Gasteiger charge is -2.29. The van der Waals surface area contributed by atoms with E-state index in [2.05, 4.69) is 18.5 Å². The third-order valence-corrected chi connectivity index (χ3v) is 2.98. The van der Waals surface area contributed by atoms with Gasteiger partial charge in [-0.15, -0.1) is 0 Å². The molecule has 0 aromatic carbocycles. The molecule has 0 aromatic rings. The molecule has 100 valence electrons. The van der Waals surface area contributed by atoms with Crippen LogP contribution in [0.3, 0.4) is 0 Å². The summed E-state index contributed by atoms with van der Waals surface area (Å²) in [5.74, 6) is 0. The molecule has 0 saturated carbocycles. The van der Waals surface area contributed by atoms with Crippen LogP contribution in [0.15, 0.2) is 48.6 Å². The van der Waals surface area contributed by atoms with Gasteiger partial charge in [-0.05, 0) is 26.0 Å². The molecule has 0 aliphatic carbocycles. The summed E-state index contributed by atoms with van der Waals surface area (Å²) in [5.41, 5.74) is 14.8. The van der Waals surface area contributed by atoms with Gasteiger partial charge in [0.05, 0.1) is 17.6 Å². The predicted octanol–water partition coefficient (Wildman–Crippen LogP) is 0.815. The largest absolute Gasteiger partial charge is 0.392 e. The maximum atomic E-state index is 6.12. The van der Waals surface area contributed by atoms with Crippen molar-refractivity contribution in [3.8, 4) is 0 Å². The Labute approximate surface area is 109 Å². The zero-order chi connectivity index (χ0) is 13.9. The second-order valence-corrected chi connectivity index (χ2v) is 4.25. The van der Waals surface area contributed by atoms with Crippen LogP contribution in [0.1, 0.15) is 13.8 Å². The molecular weight excluding hydrogens is 226 g/mol. The molecule has 0 radical (unpaired) electrons. The summed E-state index contributed by atoms with van der Waals surface area (Å²) in [7, 11) is 1.87. The molecule has 5 heteroatoms. The molecule has 1 aliphatic rings. The zero-order valence-corrected chi connectivity index (χ0v) is 11.4. The second kappa shape index (κ2) is 5.75. The van der Waals surface area contributed by atoms with Crippen LogP contribution in [0.4, 0.5) is 0 Å². The van der Waals surface area contributed by atoms with Crippen LogP contribution in [0.5, 0.6) is 0 Å². The molecule has 0 amide bonds. The van der Waals surface area contributed by atoms with Crippen molar-refractivity contribution in [2.45, 2.75) is 26.3 Å². The van der Waals surface area contributed by atoms with Crippen LogP contribution >= 0.6 is 0 Å². The fourth-order valence-electron chi connectivity index (χ4n) is 1.88. The second-order valence-electron chi connectivity index (χ2n) is 4.25. The summed E-state index contributed by atoms with van der Waals surface area (Å²) in [6.45, 7) is 11.7. The van der Waals surface area contributed by atoms with Crippen LogP contribution in [0.25, 0.3) is 0 Å². The third-order valence-electron chi connectivity index (χ3n) is 2.98. The van der Waals surface area contributed by atoms with Crippen molar-refractivity contribution < 1.29 is 0 Å². The standard InChI is InChI=1S/C13H23N5/c1-6-17-12(8-7-9(2)16-5)10(3)18(11(4)14)13(17)15/h6-8,11,13,16H,1,3,14-15H2,2,4-5H3/b9-7+,12-8+. The molecule has 2 atom stereocenters. The molecule has 0 bridgehead atoms. The van der Waals surface area contributed by atoms with E-state index in [4.69, 9.17) is 11.5 Å². The third kappa shape index (κ3) is 2.57. The topological polar surface area (TPSA) is 70.5 Å². The van der Waals surface area contributed by atoms with E-state index >= 15 is 0 Å². The van der Waals surface area contributed by atoms with Crippen molar-refractivity contribution in [1.29, 1.82) is 0 Å². The minimum absolute atomic E-state index is 0.199. The first-order valence-corrected chi connectivity index (χ1v) is 5.90. The normalized spacial score (nSPS) is 24.7. The molecule has 1 rings (SSSR count). The fraction of sp³-hybridized carbons (Fsp3) is 0.385. The van der Waals surface area contributed by atoms with E-state index in [1.54, 1.807) is 6.20 Å². The van der Waals surface area contributed by atoms with Gasteiger partial charge in [-0.1, -0.05) is 13.2 Å². The van der Waals surface area contributed by atoms with Gasteiger partial charge in [-0.25, -0.2) is 0 Å². The lowest BCUT2D eigenvalue weighted by Crippen LogP contribution is -2.50. The first kappa shape index (κ1) is 14.3. The Kier molecular flexibility index (Phi) is 4.58. The van der Waals surface area contributed by atoms with Crippen molar-refractivity contribution >= 4 is 0 Å². The van der Waals surface area contributed by atoms with Gasteiger partial charge in [0.1, 0.15) is 0 Å². The Hall–Kier alpha value is -1.72. The van der Waals surface area contributed by atoms with E-state index < -0.39 is 0 Å². The first-order valence-electron chi connectivity index (χ1n) is 5.90. The molecular formula is C13H23N5. The number of nitrogens with zero attached hydrogens (tertiary/aromatic N) is 2. The Morgan fingerprint density at radius 3 is 2.61 bits per heavy atom. The predicted molar refractivity (Wildman–Crippen MR) is 75.5 cm³/mol. The van der Waals surface area contributed by atoms with Crippen LogP contribution in [-0.2, 0) is 0 Å². The highest BCUT2D eigenvalue weighted by molar-refractivity contribution is 5.36. The molecule has 2 unspecified atom stereocenters. The number of nitrogens with one attached hydrogen (secondary N) is 1. The van der Waals surface area contributed by atoms with Crippen molar-refractivity contribution in [3.63, 3.8) is 0 Å². The smallest absolute Gasteiger partial charge is 0.160 e. The fourth-order valence-corrected chi connectivity index (χ4v) is 1.88. The van der Waals surface area contributed by atoms with Crippen LogP contribution in [0.2, 0.25) is 0 Å². The van der Waals surface area contributed by atoms with Crippen LogP contribution < -0.4 is 16.8 Å². The van der Waals surface area contributed by atoms with Crippen molar-refractivity contribution in [3.05, 3.63) is 48.6 Å². The highest BCUT2D eigenvalue weighted by atomic mass is 15.5. The lowest BCUT2D eigenvalue weighted by atomic mass is 10.2. The van der Waals surface area contributed by atoms with Gasteiger partial charge < -0.3 is 20.9 Å². The van der Waals surface area contributed by atoms with Crippen molar-refractivity contribution in [2.24, 2.45) is 11.5 Å². The van der Waals surface area contributed by atoms with Gasteiger partial charge in [-0.2, -0.15) is 0 Å². The number of nitrogens with two attached hydrogens (primary N) is 2. The minimum atomic E-state index is -0.357. The maximum Gasteiger partial charge on any atom is 0.160 e. The van der Waals surface area contributed by atoms with E-state index in [0.29, 0.717) is 0 Å². The van der Waals surface area contributed by atoms with Gasteiger partial charge in [0.15, 0.2) is 6.29 Å². The van der Waals surface area contributed by atoms with Gasteiger partial charge in [0.25, 0.3) is 0 Å². The number of rotatable bonds is 4. The molecule has 1 fully saturated rings. The van der Waals surface area contributed by atoms with E-state index in [-0.39, 0.29) is 12.5 Å². The molecule has 5 N–H and O–H groups in total. The van der Waals surface area contributed by atoms with Crippen molar-refractivity contribution in [2.75, 3.05) is 7.05 Å². The molecule has 18 heavy (non-hydrogen) atoms. The van der Waals surface area contributed by atoms with Crippen molar-refractivity contribution in [1.82, 2.24) is 15.1 Å². The van der Waals surface area contributed by atoms with E-state index in [0.717, 1.165) is 17.1 Å². The summed E-state index contributed by atoms with van der Waals surface area (Å²) in [6, 6.07) is 0.